The van der Waals surface area contributed by atoms with E-state index in [2.05, 4.69) is 11.1 Å². The van der Waals surface area contributed by atoms with Crippen molar-refractivity contribution in [3.63, 3.8) is 0 Å². The molecule has 5 heteroatoms. The number of rotatable bonds is 5. The average molecular weight is 287 g/mol. The van der Waals surface area contributed by atoms with Crippen LogP contribution in [0, 0.1) is 5.92 Å². The number of carbonyl (C=O) groups is 1. The van der Waals surface area contributed by atoms with Gasteiger partial charge in [0.1, 0.15) is 0 Å². The molecule has 1 aromatic heterocycles. The number of aliphatic hydroxyl groups is 1. The number of nitrogens with zero attached hydrogens (tertiary/aromatic N) is 1. The number of para-hydroxylation sites is 1. The third-order valence-corrected chi connectivity index (χ3v) is 4.35. The third kappa shape index (κ3) is 2.66. The van der Waals surface area contributed by atoms with E-state index in [1.54, 1.807) is 4.90 Å². The number of fused-ring (bicyclic) bond motifs is 1. The second-order valence-corrected chi connectivity index (χ2v) is 5.75. The molecular formula is C16H21N3O2. The number of aromatic amines is 1. The van der Waals surface area contributed by atoms with Crippen LogP contribution >= 0.6 is 0 Å². The number of aliphatic hydroxyl groups excluding tert-OH is 1. The topological polar surface area (TPSA) is 82.3 Å². The first-order chi connectivity index (χ1) is 10.2. The second-order valence-electron chi connectivity index (χ2n) is 5.75. The fourth-order valence-electron chi connectivity index (χ4n) is 3.15. The Balaban J connectivity index is 1.80. The Bertz CT molecular complexity index is 637. The Morgan fingerprint density at radius 1 is 1.43 bits per heavy atom. The number of amides is 1. The molecule has 4 N–H and O–H groups in total. The molecule has 2 atom stereocenters. The van der Waals surface area contributed by atoms with Crippen LogP contribution in [0.15, 0.2) is 30.5 Å². The van der Waals surface area contributed by atoms with Gasteiger partial charge in [-0.05, 0) is 30.5 Å². The number of nitrogens with one attached hydrogen (secondary N) is 1. The van der Waals surface area contributed by atoms with Crippen molar-refractivity contribution in [3.8, 4) is 0 Å². The summed E-state index contributed by atoms with van der Waals surface area (Å²) in [5.74, 6) is 0.318. The predicted molar refractivity (Wildman–Crippen MR) is 81.8 cm³/mol. The summed E-state index contributed by atoms with van der Waals surface area (Å²) in [6.07, 6.45) is 3.12. The SMILES string of the molecule is NCC1CC(=O)N(C(CO)Cc2c[nH]c3ccccc23)C1. The highest BCUT2D eigenvalue weighted by Gasteiger charge is 2.33. The first kappa shape index (κ1) is 14.1. The van der Waals surface area contributed by atoms with E-state index in [4.69, 9.17) is 5.73 Å². The number of H-pyrrole nitrogens is 1. The maximum Gasteiger partial charge on any atom is 0.223 e. The van der Waals surface area contributed by atoms with Crippen LogP contribution < -0.4 is 5.73 Å². The van der Waals surface area contributed by atoms with Crippen molar-refractivity contribution in [1.82, 2.24) is 9.88 Å². The van der Waals surface area contributed by atoms with Gasteiger partial charge in [0.25, 0.3) is 0 Å². The van der Waals surface area contributed by atoms with Gasteiger partial charge in [0, 0.05) is 30.1 Å². The van der Waals surface area contributed by atoms with Crippen LogP contribution in [0.3, 0.4) is 0 Å². The molecule has 1 aliphatic rings. The molecule has 0 radical (unpaired) electrons. The highest BCUT2D eigenvalue weighted by Crippen LogP contribution is 2.24. The van der Waals surface area contributed by atoms with Crippen LogP contribution in [0.4, 0.5) is 0 Å². The Labute approximate surface area is 123 Å². The number of aromatic nitrogens is 1. The minimum atomic E-state index is -0.173. The standard InChI is InChI=1S/C16H21N3O2/c17-7-11-5-16(21)19(9-11)13(10-20)6-12-8-18-15-4-2-1-3-14(12)15/h1-4,8,11,13,18,20H,5-7,9-10,17H2. The summed E-state index contributed by atoms with van der Waals surface area (Å²) in [6.45, 7) is 1.15. The fraction of sp³-hybridized carbons (Fsp3) is 0.438. The van der Waals surface area contributed by atoms with Gasteiger partial charge in [0.2, 0.25) is 5.91 Å². The van der Waals surface area contributed by atoms with Crippen LogP contribution in [0.2, 0.25) is 0 Å². The molecule has 0 spiro atoms. The van der Waals surface area contributed by atoms with E-state index in [1.165, 1.54) is 0 Å². The third-order valence-electron chi connectivity index (χ3n) is 4.35. The Morgan fingerprint density at radius 2 is 2.24 bits per heavy atom. The number of hydrogen-bond acceptors (Lipinski definition) is 3. The molecule has 2 heterocycles. The quantitative estimate of drug-likeness (QED) is 0.763. The zero-order valence-corrected chi connectivity index (χ0v) is 12.0. The van der Waals surface area contributed by atoms with Crippen LogP contribution in [0.1, 0.15) is 12.0 Å². The molecule has 0 saturated carbocycles. The zero-order valence-electron chi connectivity index (χ0n) is 12.0. The summed E-state index contributed by atoms with van der Waals surface area (Å²) in [5, 5.41) is 10.8. The minimum Gasteiger partial charge on any atom is -0.394 e. The number of carbonyl (C=O) groups excluding carboxylic acids is 1. The Hall–Kier alpha value is -1.85. The predicted octanol–water partition coefficient (Wildman–Crippen LogP) is 0.879. The van der Waals surface area contributed by atoms with Gasteiger partial charge in [-0.25, -0.2) is 0 Å². The van der Waals surface area contributed by atoms with Crippen molar-refractivity contribution in [2.75, 3.05) is 19.7 Å². The lowest BCUT2D eigenvalue weighted by Gasteiger charge is -2.26. The first-order valence-corrected chi connectivity index (χ1v) is 7.38. The molecule has 5 nitrogen and oxygen atoms in total. The number of benzene rings is 1. The largest absolute Gasteiger partial charge is 0.394 e. The maximum absolute atomic E-state index is 12.1. The monoisotopic (exact) mass is 287 g/mol. The molecule has 1 amide bonds. The van der Waals surface area contributed by atoms with Gasteiger partial charge < -0.3 is 20.7 Å². The molecule has 0 aliphatic carbocycles. The van der Waals surface area contributed by atoms with Gasteiger partial charge in [-0.2, -0.15) is 0 Å². The molecule has 3 rings (SSSR count). The van der Waals surface area contributed by atoms with Crippen molar-refractivity contribution in [2.24, 2.45) is 11.7 Å². The van der Waals surface area contributed by atoms with Gasteiger partial charge in [-0.3, -0.25) is 4.79 Å². The smallest absolute Gasteiger partial charge is 0.223 e. The van der Waals surface area contributed by atoms with Gasteiger partial charge in [-0.15, -0.1) is 0 Å². The molecule has 1 aliphatic heterocycles. The van der Waals surface area contributed by atoms with Crippen molar-refractivity contribution in [1.29, 1.82) is 0 Å². The summed E-state index contributed by atoms with van der Waals surface area (Å²) in [4.78, 5) is 17.1. The molecule has 1 fully saturated rings. The summed E-state index contributed by atoms with van der Waals surface area (Å²) in [7, 11) is 0. The van der Waals surface area contributed by atoms with Crippen LogP contribution in [0.25, 0.3) is 10.9 Å². The normalized spacial score (nSPS) is 20.4. The van der Waals surface area contributed by atoms with E-state index < -0.39 is 0 Å². The summed E-state index contributed by atoms with van der Waals surface area (Å²) in [6, 6.07) is 7.90. The number of nitrogens with two attached hydrogens (primary N) is 1. The minimum absolute atomic E-state index is 0.0253. The summed E-state index contributed by atoms with van der Waals surface area (Å²) in [5.41, 5.74) is 7.88. The molecule has 112 valence electrons. The molecule has 1 aromatic carbocycles. The van der Waals surface area contributed by atoms with Crippen LogP contribution in [-0.4, -0.2) is 46.6 Å². The van der Waals surface area contributed by atoms with Crippen molar-refractivity contribution >= 4 is 16.8 Å². The lowest BCUT2D eigenvalue weighted by Crippen LogP contribution is -2.41. The van der Waals surface area contributed by atoms with E-state index in [-0.39, 0.29) is 24.5 Å². The van der Waals surface area contributed by atoms with Crippen molar-refractivity contribution in [2.45, 2.75) is 18.9 Å². The van der Waals surface area contributed by atoms with Crippen molar-refractivity contribution in [3.05, 3.63) is 36.0 Å². The fourth-order valence-corrected chi connectivity index (χ4v) is 3.15. The summed E-state index contributed by atoms with van der Waals surface area (Å²) >= 11 is 0. The lowest BCUT2D eigenvalue weighted by molar-refractivity contribution is -0.130. The van der Waals surface area contributed by atoms with E-state index in [9.17, 15) is 9.90 Å². The molecule has 0 bridgehead atoms. The average Bonchev–Trinajstić information content (AvgIpc) is 3.08. The van der Waals surface area contributed by atoms with E-state index >= 15 is 0 Å². The Morgan fingerprint density at radius 3 is 2.95 bits per heavy atom. The second kappa shape index (κ2) is 5.87. The Kier molecular flexibility index (Phi) is 3.94. The number of hydrogen-bond donors (Lipinski definition) is 3. The van der Waals surface area contributed by atoms with Crippen LogP contribution in [-0.2, 0) is 11.2 Å². The molecule has 1 saturated heterocycles. The molecule has 2 unspecified atom stereocenters. The highest BCUT2D eigenvalue weighted by molar-refractivity contribution is 5.83. The van der Waals surface area contributed by atoms with Gasteiger partial charge in [0.05, 0.1) is 12.6 Å². The van der Waals surface area contributed by atoms with E-state index in [1.807, 2.05) is 24.4 Å². The molecule has 2 aromatic rings. The molecule has 21 heavy (non-hydrogen) atoms. The maximum atomic E-state index is 12.1. The summed E-state index contributed by atoms with van der Waals surface area (Å²) < 4.78 is 0. The number of likely N-dealkylation sites (tertiary alicyclic amines) is 1. The van der Waals surface area contributed by atoms with Gasteiger partial charge in [-0.1, -0.05) is 18.2 Å². The zero-order chi connectivity index (χ0) is 14.8. The van der Waals surface area contributed by atoms with Crippen LogP contribution in [0.5, 0.6) is 0 Å². The van der Waals surface area contributed by atoms with Crippen molar-refractivity contribution < 1.29 is 9.90 Å². The molecular weight excluding hydrogens is 266 g/mol. The highest BCUT2D eigenvalue weighted by atomic mass is 16.3. The van der Waals surface area contributed by atoms with E-state index in [0.29, 0.717) is 25.9 Å². The first-order valence-electron chi connectivity index (χ1n) is 7.38. The van der Waals surface area contributed by atoms with Gasteiger partial charge in [0.15, 0.2) is 0 Å². The van der Waals surface area contributed by atoms with Gasteiger partial charge >= 0.3 is 0 Å². The van der Waals surface area contributed by atoms with E-state index in [0.717, 1.165) is 16.5 Å². The lowest BCUT2D eigenvalue weighted by atomic mass is 10.0.